The molecule has 4 heterocycles. The Morgan fingerprint density at radius 1 is 0.692 bits per heavy atom. The molecule has 0 spiro atoms. The highest BCUT2D eigenvalue weighted by Gasteiger charge is 2.45. The van der Waals surface area contributed by atoms with E-state index in [1.165, 1.54) is 0 Å². The van der Waals surface area contributed by atoms with Gasteiger partial charge in [0.15, 0.2) is 0 Å². The minimum absolute atomic E-state index is 0.0166. The zero-order chi connectivity index (χ0) is 38.3. The van der Waals surface area contributed by atoms with E-state index in [4.69, 9.17) is 18.9 Å². The monoisotopic (exact) mass is 734 g/mol. The van der Waals surface area contributed by atoms with Gasteiger partial charge in [-0.2, -0.15) is 0 Å². The van der Waals surface area contributed by atoms with Crippen molar-refractivity contribution in [2.45, 2.75) is 51.9 Å². The molecular weight excluding hydrogens is 702 g/mol. The first-order chi connectivity index (χ1) is 24.5. The minimum atomic E-state index is -1.79. The van der Waals surface area contributed by atoms with Crippen LogP contribution in [0.4, 0.5) is 26.3 Å². The average molecular weight is 735 g/mol. The molecule has 2 N–H and O–H groups in total. The highest BCUT2D eigenvalue weighted by molar-refractivity contribution is 6.02. The van der Waals surface area contributed by atoms with Crippen molar-refractivity contribution in [3.8, 4) is 0 Å². The molecule has 0 bridgehead atoms. The van der Waals surface area contributed by atoms with Gasteiger partial charge in [-0.1, -0.05) is 0 Å². The number of ether oxygens (including phenoxy) is 4. The number of allylic oxidation sites excluding steroid dienone is 2. The molecule has 0 radical (unpaired) electrons. The molecule has 10 nitrogen and oxygen atoms in total. The number of halogens is 6. The molecule has 4 aliphatic heterocycles. The number of carbonyl (C=O) groups excluding carboxylic acids is 4. The molecule has 6 rings (SSSR count). The molecule has 52 heavy (non-hydrogen) atoms. The smallest absolute Gasteiger partial charge is 0.337 e. The van der Waals surface area contributed by atoms with Crippen LogP contribution in [0.3, 0.4) is 0 Å². The lowest BCUT2D eigenvalue weighted by Gasteiger charge is -2.29. The van der Waals surface area contributed by atoms with Gasteiger partial charge in [-0.15, -0.1) is 0 Å². The summed E-state index contributed by atoms with van der Waals surface area (Å²) in [4.78, 5) is 49.1. The van der Waals surface area contributed by atoms with Crippen LogP contribution in [0.15, 0.2) is 69.3 Å². The van der Waals surface area contributed by atoms with Gasteiger partial charge in [-0.25, -0.2) is 45.5 Å². The normalized spacial score (nSPS) is 20.5. The second-order valence-corrected chi connectivity index (χ2v) is 12.1. The van der Waals surface area contributed by atoms with Crippen LogP contribution in [0, 0.1) is 23.3 Å². The maximum atomic E-state index is 14.3. The Labute approximate surface area is 293 Å². The molecule has 0 saturated carbocycles. The van der Waals surface area contributed by atoms with Crippen molar-refractivity contribution >= 4 is 23.9 Å². The van der Waals surface area contributed by atoms with Gasteiger partial charge in [-0.05, 0) is 51.0 Å². The molecule has 2 aromatic carbocycles. The third kappa shape index (κ3) is 6.64. The van der Waals surface area contributed by atoms with Gasteiger partial charge in [0.05, 0.1) is 59.7 Å². The standard InChI is InChI=1S/2C18H16F3NO4/c2*1-7(19)13-10(4-9(20)5-11(13)21)15-14(17(23)25-3)8(2)22-12-6-26-18(24)16(12)15/h2*4-5,7,15,22H,6H2,1-3H3/t7-,15+;7-,15-/m10/s1. The van der Waals surface area contributed by atoms with Crippen molar-refractivity contribution in [1.82, 2.24) is 10.6 Å². The van der Waals surface area contributed by atoms with Gasteiger partial charge in [-0.3, -0.25) is 0 Å². The maximum Gasteiger partial charge on any atom is 0.337 e. The van der Waals surface area contributed by atoms with E-state index in [0.717, 1.165) is 40.2 Å². The molecule has 0 amide bonds. The number of dihydropyridines is 2. The fraction of sp³-hybridized carbons (Fsp3) is 0.333. The van der Waals surface area contributed by atoms with E-state index in [0.29, 0.717) is 34.9 Å². The van der Waals surface area contributed by atoms with Crippen molar-refractivity contribution in [2.24, 2.45) is 0 Å². The second kappa shape index (κ2) is 14.6. The first kappa shape index (κ1) is 37.7. The third-order valence-corrected chi connectivity index (χ3v) is 8.91. The number of hydrogen-bond donors (Lipinski definition) is 2. The number of methoxy groups -OCH3 is 2. The largest absolute Gasteiger partial charge is 0.466 e. The van der Waals surface area contributed by atoms with E-state index < -0.39 is 82.5 Å². The lowest BCUT2D eigenvalue weighted by atomic mass is 9.78. The molecule has 0 unspecified atom stereocenters. The molecule has 4 atom stereocenters. The summed E-state index contributed by atoms with van der Waals surface area (Å²) in [7, 11) is 2.28. The van der Waals surface area contributed by atoms with Gasteiger partial charge in [0, 0.05) is 34.7 Å². The highest BCUT2D eigenvalue weighted by atomic mass is 19.2. The summed E-state index contributed by atoms with van der Waals surface area (Å²) in [6.45, 7) is 5.15. The molecule has 0 saturated heterocycles. The minimum Gasteiger partial charge on any atom is -0.466 e. The molecule has 4 aliphatic rings. The SMILES string of the molecule is COC(=O)C1=C(C)NC2=C(C(=O)OC2)[C@H]1c1cc(F)cc(F)c1[C@@H](C)F.COC(=O)C1=C(C)NC2=C(C(=O)OC2)[C@H]1c1cc(F)cc(F)c1[C@H](C)F. The zero-order valence-corrected chi connectivity index (χ0v) is 28.6. The summed E-state index contributed by atoms with van der Waals surface area (Å²) in [5.41, 5.74) is 0.245. The number of rotatable bonds is 6. The van der Waals surface area contributed by atoms with E-state index in [-0.39, 0.29) is 46.6 Å². The van der Waals surface area contributed by atoms with Crippen LogP contribution in [0.25, 0.3) is 0 Å². The number of alkyl halides is 2. The number of esters is 4. The summed E-state index contributed by atoms with van der Waals surface area (Å²) in [5, 5.41) is 5.77. The number of benzene rings is 2. The third-order valence-electron chi connectivity index (χ3n) is 8.91. The molecule has 16 heteroatoms. The Bertz CT molecular complexity index is 1890. The van der Waals surface area contributed by atoms with Crippen molar-refractivity contribution in [2.75, 3.05) is 27.4 Å². The number of carbonyl (C=O) groups is 4. The van der Waals surface area contributed by atoms with E-state index >= 15 is 0 Å². The van der Waals surface area contributed by atoms with Crippen LogP contribution < -0.4 is 10.6 Å². The molecule has 276 valence electrons. The summed E-state index contributed by atoms with van der Waals surface area (Å²) in [6, 6.07) is 2.98. The average Bonchev–Trinajstić information content (AvgIpc) is 3.62. The van der Waals surface area contributed by atoms with Crippen molar-refractivity contribution in [1.29, 1.82) is 0 Å². The Hall–Kier alpha value is -5.54. The molecule has 0 aliphatic carbocycles. The summed E-state index contributed by atoms with van der Waals surface area (Å²) < 4.78 is 104. The Morgan fingerprint density at radius 3 is 1.35 bits per heavy atom. The first-order valence-corrected chi connectivity index (χ1v) is 15.7. The zero-order valence-electron chi connectivity index (χ0n) is 28.6. The van der Waals surface area contributed by atoms with Gasteiger partial charge in [0.25, 0.3) is 0 Å². The van der Waals surface area contributed by atoms with E-state index in [9.17, 15) is 45.5 Å². The van der Waals surface area contributed by atoms with Crippen LogP contribution in [0.5, 0.6) is 0 Å². The summed E-state index contributed by atoms with van der Waals surface area (Å²) >= 11 is 0. The van der Waals surface area contributed by atoms with Crippen molar-refractivity contribution in [3.63, 3.8) is 0 Å². The number of hydrogen-bond acceptors (Lipinski definition) is 10. The predicted molar refractivity (Wildman–Crippen MR) is 169 cm³/mol. The molecular formula is C36H32F6N2O8. The second-order valence-electron chi connectivity index (χ2n) is 12.1. The Balaban J connectivity index is 0.000000201. The summed E-state index contributed by atoms with van der Waals surface area (Å²) in [5.74, 6) is -9.57. The van der Waals surface area contributed by atoms with Gasteiger partial charge in [0.2, 0.25) is 0 Å². The van der Waals surface area contributed by atoms with Crippen LogP contribution in [-0.2, 0) is 38.1 Å². The fourth-order valence-electron chi connectivity index (χ4n) is 6.84. The molecule has 0 aromatic heterocycles. The van der Waals surface area contributed by atoms with Crippen molar-refractivity contribution < 1.29 is 64.5 Å². The van der Waals surface area contributed by atoms with Gasteiger partial charge in [0.1, 0.15) is 48.8 Å². The maximum absolute atomic E-state index is 14.3. The summed E-state index contributed by atoms with van der Waals surface area (Å²) in [6.07, 6.45) is -3.58. The number of cyclic esters (lactones) is 2. The first-order valence-electron chi connectivity index (χ1n) is 15.7. The predicted octanol–water partition coefficient (Wildman–Crippen LogP) is 5.88. The van der Waals surface area contributed by atoms with E-state index in [1.807, 2.05) is 0 Å². The Kier molecular flexibility index (Phi) is 10.6. The van der Waals surface area contributed by atoms with Gasteiger partial charge < -0.3 is 29.6 Å². The Morgan fingerprint density at radius 2 is 1.04 bits per heavy atom. The van der Waals surface area contributed by atoms with E-state index in [1.54, 1.807) is 13.8 Å². The van der Waals surface area contributed by atoms with E-state index in [2.05, 4.69) is 10.6 Å². The molecule has 2 aromatic rings. The molecule has 0 fully saturated rings. The topological polar surface area (TPSA) is 129 Å². The number of nitrogens with one attached hydrogen (secondary N) is 2. The van der Waals surface area contributed by atoms with Crippen LogP contribution in [-0.4, -0.2) is 51.3 Å². The van der Waals surface area contributed by atoms with Crippen LogP contribution in [0.1, 0.15) is 74.1 Å². The fourth-order valence-corrected chi connectivity index (χ4v) is 6.84. The van der Waals surface area contributed by atoms with Crippen LogP contribution in [0.2, 0.25) is 0 Å². The lowest BCUT2D eigenvalue weighted by Crippen LogP contribution is -2.30. The van der Waals surface area contributed by atoms with Crippen LogP contribution >= 0.6 is 0 Å². The van der Waals surface area contributed by atoms with Crippen molar-refractivity contribution in [3.05, 3.63) is 115 Å². The lowest BCUT2D eigenvalue weighted by molar-refractivity contribution is -0.138. The highest BCUT2D eigenvalue weighted by Crippen LogP contribution is 2.46. The van der Waals surface area contributed by atoms with Gasteiger partial charge >= 0.3 is 23.9 Å². The quantitative estimate of drug-likeness (QED) is 0.211.